The number of fused-ring (bicyclic) bond motifs is 1. The maximum absolute atomic E-state index is 6.20. The topological polar surface area (TPSA) is 47.7 Å². The molecule has 3 aliphatic rings. The maximum Gasteiger partial charge on any atom is 0.133 e. The Morgan fingerprint density at radius 2 is 2.25 bits per heavy atom. The molecule has 3 heterocycles. The molecule has 0 aromatic carbocycles. The molecule has 1 aromatic rings. The smallest absolute Gasteiger partial charge is 0.133 e. The molecule has 0 radical (unpaired) electrons. The number of aromatic nitrogens is 1. The van der Waals surface area contributed by atoms with Crippen LogP contribution in [0.2, 0.25) is 0 Å². The maximum atomic E-state index is 6.20. The highest BCUT2D eigenvalue weighted by Gasteiger charge is 2.46. The van der Waals surface area contributed by atoms with E-state index >= 15 is 0 Å². The van der Waals surface area contributed by atoms with Gasteiger partial charge in [0.25, 0.3) is 0 Å². The summed E-state index contributed by atoms with van der Waals surface area (Å²) in [6.07, 6.45) is 7.92. The van der Waals surface area contributed by atoms with Crippen LogP contribution in [0.25, 0.3) is 0 Å². The Hall–Kier alpha value is -0.910. The predicted octanol–water partition coefficient (Wildman–Crippen LogP) is 3.17. The van der Waals surface area contributed by atoms with Gasteiger partial charge in [-0.2, -0.15) is 0 Å². The van der Waals surface area contributed by atoms with E-state index < -0.39 is 0 Å². The monoisotopic (exact) mass is 334 g/mol. The predicted molar refractivity (Wildman–Crippen MR) is 90.7 cm³/mol. The zero-order valence-corrected chi connectivity index (χ0v) is 14.8. The fourth-order valence-electron chi connectivity index (χ4n) is 4.54. The zero-order valence-electron chi connectivity index (χ0n) is 14.8. The van der Waals surface area contributed by atoms with Crippen molar-refractivity contribution < 1.29 is 14.0 Å². The van der Waals surface area contributed by atoms with E-state index in [-0.39, 0.29) is 5.41 Å². The van der Waals surface area contributed by atoms with Crippen molar-refractivity contribution in [3.63, 3.8) is 0 Å². The average Bonchev–Trinajstić information content (AvgIpc) is 2.94. The lowest BCUT2D eigenvalue weighted by molar-refractivity contribution is -0.157. The SMILES string of the molecule is Cc1cc(CN2CC[C@H]3OCCC[C@@]3(COCC3CCC3)C2)no1. The third kappa shape index (κ3) is 3.53. The van der Waals surface area contributed by atoms with E-state index in [0.29, 0.717) is 6.10 Å². The van der Waals surface area contributed by atoms with Crippen LogP contribution in [0.4, 0.5) is 0 Å². The summed E-state index contributed by atoms with van der Waals surface area (Å²) >= 11 is 0. The van der Waals surface area contributed by atoms with Crippen LogP contribution in [0.1, 0.15) is 50.0 Å². The van der Waals surface area contributed by atoms with Crippen molar-refractivity contribution in [3.8, 4) is 0 Å². The van der Waals surface area contributed by atoms with Gasteiger partial charge in [-0.3, -0.25) is 4.90 Å². The van der Waals surface area contributed by atoms with Crippen molar-refractivity contribution in [1.29, 1.82) is 0 Å². The van der Waals surface area contributed by atoms with Crippen LogP contribution in [0.15, 0.2) is 10.6 Å². The van der Waals surface area contributed by atoms with Gasteiger partial charge in [0, 0.05) is 44.3 Å². The van der Waals surface area contributed by atoms with Crippen molar-refractivity contribution >= 4 is 0 Å². The Balaban J connectivity index is 1.38. The molecule has 4 rings (SSSR count). The molecule has 2 saturated heterocycles. The summed E-state index contributed by atoms with van der Waals surface area (Å²) < 4.78 is 17.6. The van der Waals surface area contributed by atoms with E-state index in [9.17, 15) is 0 Å². The minimum atomic E-state index is 0.166. The molecule has 1 aromatic heterocycles. The molecule has 2 atom stereocenters. The van der Waals surface area contributed by atoms with Gasteiger partial charge in [0.15, 0.2) is 0 Å². The first-order valence-electron chi connectivity index (χ1n) is 9.57. The summed E-state index contributed by atoms with van der Waals surface area (Å²) in [5.74, 6) is 1.70. The minimum absolute atomic E-state index is 0.166. The summed E-state index contributed by atoms with van der Waals surface area (Å²) in [5, 5.41) is 4.16. The lowest BCUT2D eigenvalue weighted by atomic mass is 9.73. The van der Waals surface area contributed by atoms with E-state index in [4.69, 9.17) is 14.0 Å². The fourth-order valence-corrected chi connectivity index (χ4v) is 4.54. The summed E-state index contributed by atoms with van der Waals surface area (Å²) in [5.41, 5.74) is 1.20. The molecule has 2 aliphatic heterocycles. The molecule has 3 fully saturated rings. The van der Waals surface area contributed by atoms with Gasteiger partial charge in [-0.05, 0) is 44.9 Å². The van der Waals surface area contributed by atoms with Gasteiger partial charge < -0.3 is 14.0 Å². The molecular weight excluding hydrogens is 304 g/mol. The summed E-state index contributed by atoms with van der Waals surface area (Å²) in [6, 6.07) is 2.04. The standard InChI is InChI=1S/C19H30N2O3/c1-15-10-17(20-24-15)11-21-8-6-18-19(13-21,7-3-9-23-18)14-22-12-16-4-2-5-16/h10,16,18H,2-9,11-14H2,1H3/t18-,19+/m1/s1. The number of hydrogen-bond donors (Lipinski definition) is 0. The van der Waals surface area contributed by atoms with Gasteiger partial charge in [-0.25, -0.2) is 0 Å². The highest BCUT2D eigenvalue weighted by molar-refractivity contribution is 5.05. The fraction of sp³-hybridized carbons (Fsp3) is 0.842. The van der Waals surface area contributed by atoms with Gasteiger partial charge in [0.2, 0.25) is 0 Å². The van der Waals surface area contributed by atoms with Gasteiger partial charge >= 0.3 is 0 Å². The molecule has 0 bridgehead atoms. The first-order valence-corrected chi connectivity index (χ1v) is 9.57. The molecule has 5 nitrogen and oxygen atoms in total. The summed E-state index contributed by atoms with van der Waals surface area (Å²) in [7, 11) is 0. The number of piperidine rings is 1. The van der Waals surface area contributed by atoms with E-state index in [2.05, 4.69) is 10.1 Å². The second kappa shape index (κ2) is 7.14. The Bertz CT molecular complexity index is 542. The van der Waals surface area contributed by atoms with Crippen molar-refractivity contribution in [1.82, 2.24) is 10.1 Å². The highest BCUT2D eigenvalue weighted by Crippen LogP contribution is 2.41. The number of nitrogens with zero attached hydrogens (tertiary/aromatic N) is 2. The van der Waals surface area contributed by atoms with Crippen molar-refractivity contribution in [2.45, 2.75) is 58.1 Å². The minimum Gasteiger partial charge on any atom is -0.380 e. The van der Waals surface area contributed by atoms with E-state index in [1.807, 2.05) is 13.0 Å². The Morgan fingerprint density at radius 1 is 1.33 bits per heavy atom. The molecule has 0 amide bonds. The Labute approximate surface area is 144 Å². The highest BCUT2D eigenvalue weighted by atomic mass is 16.5. The van der Waals surface area contributed by atoms with Crippen LogP contribution < -0.4 is 0 Å². The van der Waals surface area contributed by atoms with Gasteiger partial charge in [0.05, 0.1) is 18.4 Å². The lowest BCUT2D eigenvalue weighted by Crippen LogP contribution is -2.56. The molecule has 134 valence electrons. The van der Waals surface area contributed by atoms with Crippen molar-refractivity contribution in [3.05, 3.63) is 17.5 Å². The second-order valence-corrected chi connectivity index (χ2v) is 8.07. The van der Waals surface area contributed by atoms with Crippen LogP contribution in [0.5, 0.6) is 0 Å². The molecule has 24 heavy (non-hydrogen) atoms. The zero-order chi connectivity index (χ0) is 16.4. The Morgan fingerprint density at radius 3 is 3.00 bits per heavy atom. The quantitative estimate of drug-likeness (QED) is 0.800. The van der Waals surface area contributed by atoms with Gasteiger partial charge in [-0.15, -0.1) is 0 Å². The second-order valence-electron chi connectivity index (χ2n) is 8.07. The van der Waals surface area contributed by atoms with Crippen LogP contribution in [-0.2, 0) is 16.0 Å². The largest absolute Gasteiger partial charge is 0.380 e. The molecule has 0 N–H and O–H groups in total. The first-order chi connectivity index (χ1) is 11.7. The van der Waals surface area contributed by atoms with Crippen molar-refractivity contribution in [2.24, 2.45) is 11.3 Å². The van der Waals surface area contributed by atoms with Crippen molar-refractivity contribution in [2.75, 3.05) is 32.9 Å². The molecule has 0 unspecified atom stereocenters. The third-order valence-electron chi connectivity index (χ3n) is 6.10. The summed E-state index contributed by atoms with van der Waals surface area (Å²) in [6.45, 7) is 7.65. The number of aryl methyl sites for hydroxylation is 1. The molecule has 0 spiro atoms. The molecule has 1 aliphatic carbocycles. The lowest BCUT2D eigenvalue weighted by Gasteiger charge is -2.50. The van der Waals surface area contributed by atoms with Crippen LogP contribution in [0, 0.1) is 18.3 Å². The first kappa shape index (κ1) is 16.6. The van der Waals surface area contributed by atoms with E-state index in [1.54, 1.807) is 0 Å². The van der Waals surface area contributed by atoms with E-state index in [0.717, 1.165) is 69.7 Å². The number of likely N-dealkylation sites (tertiary alicyclic amines) is 1. The number of hydrogen-bond acceptors (Lipinski definition) is 5. The number of ether oxygens (including phenoxy) is 2. The van der Waals surface area contributed by atoms with E-state index in [1.165, 1.54) is 25.7 Å². The van der Waals surface area contributed by atoms with Gasteiger partial charge in [0.1, 0.15) is 5.76 Å². The van der Waals surface area contributed by atoms with Gasteiger partial charge in [-0.1, -0.05) is 11.6 Å². The molecule has 1 saturated carbocycles. The Kier molecular flexibility index (Phi) is 4.93. The number of rotatable bonds is 6. The van der Waals surface area contributed by atoms with Crippen LogP contribution in [-0.4, -0.2) is 49.1 Å². The molecular formula is C19H30N2O3. The third-order valence-corrected chi connectivity index (χ3v) is 6.10. The van der Waals surface area contributed by atoms with Crippen LogP contribution >= 0.6 is 0 Å². The molecule has 5 heteroatoms. The average molecular weight is 334 g/mol. The van der Waals surface area contributed by atoms with Crippen LogP contribution in [0.3, 0.4) is 0 Å². The summed E-state index contributed by atoms with van der Waals surface area (Å²) in [4.78, 5) is 2.51. The normalized spacial score (nSPS) is 31.6.